The molecule has 0 spiro atoms. The Morgan fingerprint density at radius 2 is 1.55 bits per heavy atom. The van der Waals surface area contributed by atoms with Gasteiger partial charge in [-0.05, 0) is 23.7 Å². The van der Waals surface area contributed by atoms with Crippen molar-refractivity contribution < 1.29 is 0 Å². The van der Waals surface area contributed by atoms with E-state index in [1.807, 2.05) is 0 Å². The van der Waals surface area contributed by atoms with Crippen LogP contribution in [-0.4, -0.2) is 6.71 Å². The minimum atomic E-state index is 0.682. The van der Waals surface area contributed by atoms with Crippen molar-refractivity contribution in [1.29, 1.82) is 0 Å². The van der Waals surface area contributed by atoms with Gasteiger partial charge in [0.1, 0.15) is 0 Å². The lowest BCUT2D eigenvalue weighted by molar-refractivity contribution is -0.106. The van der Waals surface area contributed by atoms with Gasteiger partial charge in [0.25, 0.3) is 0 Å². The van der Waals surface area contributed by atoms with Gasteiger partial charge in [-0.15, -0.1) is 6.71 Å². The molecule has 20 heavy (non-hydrogen) atoms. The van der Waals surface area contributed by atoms with Crippen molar-refractivity contribution in [1.82, 2.24) is 0 Å². The second-order valence-electron chi connectivity index (χ2n) is 9.29. The SMILES string of the molecule is CC[C@@H]1[C@@H]([B-]2C3CCCC2CCC3)C[C@H]2C[C@@H]1C2(C)C. The number of hydrogen-bond acceptors (Lipinski definition) is 0. The molecule has 0 nitrogen and oxygen atoms in total. The number of fused-ring (bicyclic) bond motifs is 5. The van der Waals surface area contributed by atoms with E-state index >= 15 is 0 Å². The molecule has 113 valence electrons. The summed E-state index contributed by atoms with van der Waals surface area (Å²) < 4.78 is 0. The van der Waals surface area contributed by atoms with Crippen LogP contribution in [-0.2, 0) is 0 Å². The van der Waals surface area contributed by atoms with E-state index in [0.29, 0.717) is 5.41 Å². The molecule has 1 radical (unpaired) electrons. The molecule has 3 saturated carbocycles. The van der Waals surface area contributed by atoms with Gasteiger partial charge in [-0.3, -0.25) is 0 Å². The van der Waals surface area contributed by atoms with Gasteiger partial charge in [-0.1, -0.05) is 78.1 Å². The molecular weight excluding hydrogens is 239 g/mol. The molecule has 0 aromatic heterocycles. The molecule has 5 aliphatic rings. The molecule has 0 unspecified atom stereocenters. The van der Waals surface area contributed by atoms with E-state index in [-0.39, 0.29) is 0 Å². The molecule has 0 aromatic carbocycles. The van der Waals surface area contributed by atoms with Gasteiger partial charge in [0.05, 0.1) is 0 Å². The fourth-order valence-electron chi connectivity index (χ4n) is 7.44. The summed E-state index contributed by atoms with van der Waals surface area (Å²) in [7, 11) is 0. The van der Waals surface area contributed by atoms with Crippen LogP contribution in [0.25, 0.3) is 0 Å². The minimum Gasteiger partial charge on any atom is -0.196 e. The standard InChI is InChI=1S/C19H33B/c1-4-16-17-11-13(19(17,2)3)12-18(16)20-14-7-5-8-15(20)10-6-9-14/h13-18H,4-12H2,1-3H3/q-1/t13-,14?,15?,16+,17+,18+/m1/s1. The Bertz CT molecular complexity index is 352. The summed E-state index contributed by atoms with van der Waals surface area (Å²) in [6.45, 7) is 8.79. The lowest BCUT2D eigenvalue weighted by Gasteiger charge is -2.70. The number of hydrogen-bond donors (Lipinski definition) is 0. The summed E-state index contributed by atoms with van der Waals surface area (Å²) in [6, 6.07) is 0. The Balaban J connectivity index is 1.59. The zero-order valence-corrected chi connectivity index (χ0v) is 13.9. The fourth-order valence-corrected chi connectivity index (χ4v) is 7.44. The first-order chi connectivity index (χ1) is 9.63. The molecule has 2 saturated heterocycles. The predicted molar refractivity (Wildman–Crippen MR) is 88.5 cm³/mol. The van der Waals surface area contributed by atoms with Gasteiger partial charge >= 0.3 is 0 Å². The molecule has 2 heterocycles. The van der Waals surface area contributed by atoms with Gasteiger partial charge < -0.3 is 0 Å². The number of rotatable bonds is 2. The van der Waals surface area contributed by atoms with Crippen LogP contribution in [0.4, 0.5) is 0 Å². The van der Waals surface area contributed by atoms with E-state index in [0.717, 1.165) is 41.9 Å². The molecule has 0 amide bonds. The fraction of sp³-hybridized carbons (Fsp3) is 1.00. The maximum Gasteiger partial charge on any atom is -0.0297 e. The summed E-state index contributed by atoms with van der Waals surface area (Å²) in [6.07, 6.45) is 14.0. The van der Waals surface area contributed by atoms with E-state index in [1.165, 1.54) is 6.42 Å². The van der Waals surface area contributed by atoms with E-state index in [2.05, 4.69) is 20.8 Å². The molecular formula is C19H33B-. The Labute approximate surface area is 126 Å². The van der Waals surface area contributed by atoms with Crippen molar-refractivity contribution >= 4 is 6.71 Å². The van der Waals surface area contributed by atoms with Gasteiger partial charge in [-0.2, -0.15) is 17.5 Å². The normalized spacial score (nSPS) is 50.5. The van der Waals surface area contributed by atoms with Crippen LogP contribution in [0.2, 0.25) is 17.5 Å². The highest BCUT2D eigenvalue weighted by atomic mass is 14.6. The van der Waals surface area contributed by atoms with Crippen LogP contribution in [0.15, 0.2) is 0 Å². The lowest BCUT2D eigenvalue weighted by atomic mass is 9.18. The molecule has 4 bridgehead atoms. The molecule has 4 atom stereocenters. The Kier molecular flexibility index (Phi) is 3.28. The van der Waals surface area contributed by atoms with Crippen LogP contribution < -0.4 is 0 Å². The van der Waals surface area contributed by atoms with E-state index in [1.54, 1.807) is 51.4 Å². The molecule has 1 heteroatoms. The zero-order chi connectivity index (χ0) is 13.9. The highest BCUT2D eigenvalue weighted by Gasteiger charge is 2.56. The van der Waals surface area contributed by atoms with Crippen molar-refractivity contribution in [2.75, 3.05) is 0 Å². The predicted octanol–water partition coefficient (Wildman–Crippen LogP) is 6.05. The third-order valence-electron chi connectivity index (χ3n) is 8.52. The van der Waals surface area contributed by atoms with Crippen molar-refractivity contribution in [3.8, 4) is 0 Å². The van der Waals surface area contributed by atoms with E-state index < -0.39 is 0 Å². The molecule has 2 aliphatic heterocycles. The second-order valence-corrected chi connectivity index (χ2v) is 9.29. The first-order valence-corrected chi connectivity index (χ1v) is 9.63. The third-order valence-corrected chi connectivity index (χ3v) is 8.52. The maximum absolute atomic E-state index is 2.58. The lowest BCUT2D eigenvalue weighted by Crippen LogP contribution is -2.58. The van der Waals surface area contributed by atoms with Crippen LogP contribution >= 0.6 is 0 Å². The topological polar surface area (TPSA) is 0 Å². The minimum absolute atomic E-state index is 0.682. The third kappa shape index (κ3) is 1.80. The smallest absolute Gasteiger partial charge is 0.0297 e. The van der Waals surface area contributed by atoms with Gasteiger partial charge in [0.2, 0.25) is 0 Å². The molecule has 0 aromatic rings. The quantitative estimate of drug-likeness (QED) is 0.536. The summed E-state index contributed by atoms with van der Waals surface area (Å²) in [5, 5.41) is 0. The van der Waals surface area contributed by atoms with Gasteiger partial charge in [0, 0.05) is 0 Å². The van der Waals surface area contributed by atoms with Crippen molar-refractivity contribution in [3.05, 3.63) is 0 Å². The van der Waals surface area contributed by atoms with E-state index in [4.69, 9.17) is 0 Å². The highest BCUT2D eigenvalue weighted by molar-refractivity contribution is 6.64. The first-order valence-electron chi connectivity index (χ1n) is 9.63. The van der Waals surface area contributed by atoms with Crippen LogP contribution in [0, 0.1) is 23.2 Å². The summed E-state index contributed by atoms with van der Waals surface area (Å²) in [5.74, 6) is 6.58. The van der Waals surface area contributed by atoms with Crippen molar-refractivity contribution in [2.24, 2.45) is 23.2 Å². The van der Waals surface area contributed by atoms with Gasteiger partial charge in [0.15, 0.2) is 0 Å². The van der Waals surface area contributed by atoms with Crippen molar-refractivity contribution in [3.63, 3.8) is 0 Å². The first kappa shape index (κ1) is 13.7. The Hall–Kier alpha value is 0.0649. The zero-order valence-electron chi connectivity index (χ0n) is 13.9. The summed E-state index contributed by atoms with van der Waals surface area (Å²) in [5.41, 5.74) is 0.682. The van der Waals surface area contributed by atoms with Crippen LogP contribution in [0.5, 0.6) is 0 Å². The highest BCUT2D eigenvalue weighted by Crippen LogP contribution is 2.68. The largest absolute Gasteiger partial charge is 0.196 e. The van der Waals surface area contributed by atoms with Crippen LogP contribution in [0.1, 0.15) is 78.6 Å². The second kappa shape index (κ2) is 4.78. The summed E-state index contributed by atoms with van der Waals surface area (Å²) in [4.78, 5) is 0. The molecule has 3 aliphatic carbocycles. The average molecular weight is 272 g/mol. The van der Waals surface area contributed by atoms with Gasteiger partial charge in [-0.25, -0.2) is 0 Å². The van der Waals surface area contributed by atoms with E-state index in [9.17, 15) is 0 Å². The maximum atomic E-state index is 2.58. The molecule has 0 N–H and O–H groups in total. The van der Waals surface area contributed by atoms with Crippen molar-refractivity contribution in [2.45, 2.75) is 96.0 Å². The van der Waals surface area contributed by atoms with Crippen LogP contribution in [0.3, 0.4) is 0 Å². The monoisotopic (exact) mass is 272 g/mol. The summed E-state index contributed by atoms with van der Waals surface area (Å²) >= 11 is 0. The Morgan fingerprint density at radius 3 is 2.05 bits per heavy atom. The Morgan fingerprint density at radius 1 is 0.950 bits per heavy atom. The molecule has 5 rings (SSSR count). The average Bonchev–Trinajstić information content (AvgIpc) is 2.45. The molecule has 5 fully saturated rings.